The first-order valence-corrected chi connectivity index (χ1v) is 13.3. The molecular weight excluding hydrogens is 450 g/mol. The highest BCUT2D eigenvalue weighted by Gasteiger charge is 2.36. The van der Waals surface area contributed by atoms with Crippen LogP contribution in [0.3, 0.4) is 0 Å². The van der Waals surface area contributed by atoms with Crippen LogP contribution in [-0.4, -0.2) is 64.1 Å². The summed E-state index contributed by atoms with van der Waals surface area (Å²) in [5, 5.41) is 11.4. The average Bonchev–Trinajstić information content (AvgIpc) is 3.32. The number of aromatic nitrogens is 1. The van der Waals surface area contributed by atoms with Gasteiger partial charge in [0.15, 0.2) is 0 Å². The predicted molar refractivity (Wildman–Crippen MR) is 131 cm³/mol. The summed E-state index contributed by atoms with van der Waals surface area (Å²) in [7, 11) is 0. The molecule has 2 aromatic rings. The molecule has 0 spiro atoms. The molecule has 7 nitrogen and oxygen atoms in total. The van der Waals surface area contributed by atoms with Gasteiger partial charge in [-0.25, -0.2) is 0 Å². The molecule has 5 heterocycles. The van der Waals surface area contributed by atoms with E-state index < -0.39 is 5.97 Å². The van der Waals surface area contributed by atoms with Gasteiger partial charge in [-0.15, -0.1) is 11.3 Å². The number of rotatable bonds is 7. The minimum Gasteiger partial charge on any atom is -0.481 e. The van der Waals surface area contributed by atoms with Gasteiger partial charge in [0.05, 0.1) is 6.42 Å². The van der Waals surface area contributed by atoms with Gasteiger partial charge in [0.25, 0.3) is 5.56 Å². The van der Waals surface area contributed by atoms with Gasteiger partial charge in [-0.2, -0.15) is 0 Å². The van der Waals surface area contributed by atoms with Gasteiger partial charge >= 0.3 is 5.97 Å². The van der Waals surface area contributed by atoms with Crippen molar-refractivity contribution in [2.24, 2.45) is 17.8 Å². The fourth-order valence-corrected chi connectivity index (χ4v) is 7.02. The molecule has 0 unspecified atom stereocenters. The summed E-state index contributed by atoms with van der Waals surface area (Å²) in [5.74, 6) is 0.585. The molecule has 4 atom stereocenters. The number of carbonyl (C=O) groups excluding carboxylic acids is 1. The maximum absolute atomic E-state index is 12.9. The first kappa shape index (κ1) is 23.3. The fourth-order valence-electron chi connectivity index (χ4n) is 6.33. The standard InChI is InChI=1S/C26H33N3O4S/c30-24-5-1-4-23-21-11-18(15-29(23)24)14-27(16-21)8-6-20-17-28(9-7-19(20)12-26(32)33)25(31)13-22-3-2-10-34-22/h1-5,10,18-21H,6-9,11-17H2,(H,32,33)/t18-,19+,20-,21-/m1/s1. The number of carboxylic acids is 1. The lowest BCUT2D eigenvalue weighted by atomic mass is 9.80. The Kier molecular flexibility index (Phi) is 6.88. The second kappa shape index (κ2) is 10.0. The van der Waals surface area contributed by atoms with Gasteiger partial charge < -0.3 is 19.5 Å². The van der Waals surface area contributed by atoms with E-state index in [4.69, 9.17) is 0 Å². The van der Waals surface area contributed by atoms with Crippen molar-refractivity contribution in [2.45, 2.75) is 44.6 Å². The van der Waals surface area contributed by atoms with Crippen molar-refractivity contribution in [3.8, 4) is 0 Å². The highest BCUT2D eigenvalue weighted by atomic mass is 32.1. The molecule has 0 aliphatic carbocycles. The van der Waals surface area contributed by atoms with E-state index in [1.807, 2.05) is 33.0 Å². The lowest BCUT2D eigenvalue weighted by molar-refractivity contribution is -0.139. The number of piperidine rings is 2. The average molecular weight is 484 g/mol. The van der Waals surface area contributed by atoms with Crippen molar-refractivity contribution in [1.82, 2.24) is 14.4 Å². The predicted octanol–water partition coefficient (Wildman–Crippen LogP) is 2.90. The molecule has 5 rings (SSSR count). The van der Waals surface area contributed by atoms with Crippen LogP contribution in [0, 0.1) is 17.8 Å². The van der Waals surface area contributed by atoms with Gasteiger partial charge in [-0.1, -0.05) is 12.1 Å². The zero-order valence-electron chi connectivity index (χ0n) is 19.5. The molecule has 8 heteroatoms. The quantitative estimate of drug-likeness (QED) is 0.655. The SMILES string of the molecule is O=C(O)C[C@@H]1CCN(C(=O)Cc2cccs2)C[C@H]1CCN1C[C@H]2C[C@H](C1)c1cccc(=O)n1C2. The number of nitrogens with zero attached hydrogens (tertiary/aromatic N) is 3. The van der Waals surface area contributed by atoms with Crippen LogP contribution in [0.2, 0.25) is 0 Å². The Balaban J connectivity index is 1.22. The maximum atomic E-state index is 12.9. The number of aliphatic carboxylic acids is 1. The van der Waals surface area contributed by atoms with E-state index in [9.17, 15) is 19.5 Å². The smallest absolute Gasteiger partial charge is 0.303 e. The highest BCUT2D eigenvalue weighted by Crippen LogP contribution is 2.36. The molecule has 182 valence electrons. The summed E-state index contributed by atoms with van der Waals surface area (Å²) >= 11 is 1.60. The van der Waals surface area contributed by atoms with Crippen molar-refractivity contribution < 1.29 is 14.7 Å². The topological polar surface area (TPSA) is 82.8 Å². The molecule has 2 fully saturated rings. The summed E-state index contributed by atoms with van der Waals surface area (Å²) in [6.45, 7) is 4.93. The number of likely N-dealkylation sites (tertiary alicyclic amines) is 2. The normalized spacial score (nSPS) is 26.8. The van der Waals surface area contributed by atoms with Gasteiger partial charge in [0.1, 0.15) is 0 Å². The Labute approximate surface area is 204 Å². The van der Waals surface area contributed by atoms with E-state index in [1.54, 1.807) is 17.4 Å². The summed E-state index contributed by atoms with van der Waals surface area (Å²) in [5.41, 5.74) is 1.26. The Bertz CT molecular complexity index is 1080. The first-order chi connectivity index (χ1) is 16.5. The Morgan fingerprint density at radius 3 is 2.74 bits per heavy atom. The Morgan fingerprint density at radius 1 is 1.06 bits per heavy atom. The maximum Gasteiger partial charge on any atom is 0.303 e. The first-order valence-electron chi connectivity index (χ1n) is 12.4. The third-order valence-corrected chi connectivity index (χ3v) is 8.83. The number of thiophene rings is 1. The lowest BCUT2D eigenvalue weighted by Crippen LogP contribution is -2.49. The molecule has 0 saturated carbocycles. The Hall–Kier alpha value is -2.45. The number of hydrogen-bond donors (Lipinski definition) is 1. The molecule has 1 amide bonds. The van der Waals surface area contributed by atoms with Crippen molar-refractivity contribution in [3.63, 3.8) is 0 Å². The third-order valence-electron chi connectivity index (χ3n) is 7.96. The van der Waals surface area contributed by atoms with Crippen molar-refractivity contribution >= 4 is 23.2 Å². The number of carbonyl (C=O) groups is 2. The zero-order valence-corrected chi connectivity index (χ0v) is 20.3. The monoisotopic (exact) mass is 483 g/mol. The number of hydrogen-bond acceptors (Lipinski definition) is 5. The van der Waals surface area contributed by atoms with Crippen LogP contribution >= 0.6 is 11.3 Å². The molecule has 3 aliphatic rings. The van der Waals surface area contributed by atoms with E-state index in [0.29, 0.717) is 31.3 Å². The van der Waals surface area contributed by atoms with Crippen LogP contribution in [0.25, 0.3) is 0 Å². The minimum atomic E-state index is -0.747. The number of fused-ring (bicyclic) bond motifs is 4. The fraction of sp³-hybridized carbons (Fsp3) is 0.577. The van der Waals surface area contributed by atoms with Crippen LogP contribution in [0.15, 0.2) is 40.5 Å². The molecule has 0 aromatic carbocycles. The molecular formula is C26H33N3O4S. The summed E-state index contributed by atoms with van der Waals surface area (Å²) < 4.78 is 1.96. The van der Waals surface area contributed by atoms with Crippen LogP contribution in [0.5, 0.6) is 0 Å². The molecule has 1 N–H and O–H groups in total. The summed E-state index contributed by atoms with van der Waals surface area (Å²) in [6.07, 6.45) is 3.41. The van der Waals surface area contributed by atoms with Crippen molar-refractivity contribution in [1.29, 1.82) is 0 Å². The second-order valence-electron chi connectivity index (χ2n) is 10.2. The molecule has 2 aromatic heterocycles. The van der Waals surface area contributed by atoms with E-state index in [-0.39, 0.29) is 29.7 Å². The number of pyridine rings is 1. The van der Waals surface area contributed by atoms with Crippen LogP contribution in [0.4, 0.5) is 0 Å². The van der Waals surface area contributed by atoms with Gasteiger partial charge in [-0.3, -0.25) is 14.4 Å². The number of carboxylic acid groups (broad SMARTS) is 1. The van der Waals surface area contributed by atoms with Crippen molar-refractivity contribution in [2.75, 3.05) is 32.7 Å². The lowest BCUT2D eigenvalue weighted by Gasteiger charge is -2.44. The highest BCUT2D eigenvalue weighted by molar-refractivity contribution is 7.10. The largest absolute Gasteiger partial charge is 0.481 e. The van der Waals surface area contributed by atoms with E-state index >= 15 is 0 Å². The molecule has 2 bridgehead atoms. The van der Waals surface area contributed by atoms with E-state index in [2.05, 4.69) is 11.0 Å². The summed E-state index contributed by atoms with van der Waals surface area (Å²) in [6, 6.07) is 9.58. The van der Waals surface area contributed by atoms with Crippen LogP contribution < -0.4 is 5.56 Å². The minimum absolute atomic E-state index is 0.103. The molecule has 2 saturated heterocycles. The molecule has 34 heavy (non-hydrogen) atoms. The van der Waals surface area contributed by atoms with Gasteiger partial charge in [0.2, 0.25) is 5.91 Å². The third kappa shape index (κ3) is 5.13. The van der Waals surface area contributed by atoms with Crippen molar-refractivity contribution in [3.05, 3.63) is 56.6 Å². The van der Waals surface area contributed by atoms with Crippen LogP contribution in [0.1, 0.15) is 42.2 Å². The van der Waals surface area contributed by atoms with Gasteiger partial charge in [-0.05, 0) is 61.1 Å². The molecule has 0 radical (unpaired) electrons. The molecule has 3 aliphatic heterocycles. The summed E-state index contributed by atoms with van der Waals surface area (Å²) in [4.78, 5) is 42.2. The van der Waals surface area contributed by atoms with E-state index in [0.717, 1.165) is 56.0 Å². The van der Waals surface area contributed by atoms with E-state index in [1.165, 1.54) is 0 Å². The van der Waals surface area contributed by atoms with Gasteiger partial charge in [0, 0.05) is 61.7 Å². The Morgan fingerprint density at radius 2 is 1.94 bits per heavy atom. The number of amides is 1. The second-order valence-corrected chi connectivity index (χ2v) is 11.3. The van der Waals surface area contributed by atoms with Crippen LogP contribution in [-0.2, 0) is 22.6 Å². The zero-order chi connectivity index (χ0) is 23.7.